The molecular weight excluding hydrogens is 300 g/mol. The first-order chi connectivity index (χ1) is 9.13. The molecule has 2 N–H and O–H groups in total. The highest BCUT2D eigenvalue weighted by molar-refractivity contribution is 9.10. The fourth-order valence-corrected chi connectivity index (χ4v) is 3.65. The summed E-state index contributed by atoms with van der Waals surface area (Å²) in [5.41, 5.74) is 7.74. The average Bonchev–Trinajstić information content (AvgIpc) is 2.92. The number of benzene rings is 1. The van der Waals surface area contributed by atoms with Gasteiger partial charge < -0.3 is 5.73 Å². The number of rotatable bonds is 5. The summed E-state index contributed by atoms with van der Waals surface area (Å²) in [6, 6.07) is 9.82. The van der Waals surface area contributed by atoms with Crippen LogP contribution in [-0.4, -0.2) is 24.0 Å². The van der Waals surface area contributed by atoms with Crippen molar-refractivity contribution in [3.8, 4) is 0 Å². The van der Waals surface area contributed by atoms with Gasteiger partial charge in [-0.3, -0.25) is 4.90 Å². The molecule has 1 saturated carbocycles. The zero-order valence-electron chi connectivity index (χ0n) is 12.0. The maximum Gasteiger partial charge on any atom is 0.0499 e. The second-order valence-corrected chi connectivity index (χ2v) is 6.59. The van der Waals surface area contributed by atoms with E-state index in [9.17, 15) is 0 Å². The third kappa shape index (κ3) is 3.59. The molecule has 0 radical (unpaired) electrons. The monoisotopic (exact) mass is 324 g/mol. The van der Waals surface area contributed by atoms with Gasteiger partial charge in [0.15, 0.2) is 0 Å². The first kappa shape index (κ1) is 15.0. The number of nitrogens with two attached hydrogens (primary N) is 1. The van der Waals surface area contributed by atoms with E-state index in [0.717, 1.165) is 10.9 Å². The Morgan fingerprint density at radius 3 is 2.63 bits per heavy atom. The molecule has 0 amide bonds. The van der Waals surface area contributed by atoms with E-state index in [1.165, 1.54) is 31.2 Å². The fourth-order valence-electron chi connectivity index (χ4n) is 3.24. The van der Waals surface area contributed by atoms with Crippen LogP contribution >= 0.6 is 15.9 Å². The van der Waals surface area contributed by atoms with Gasteiger partial charge >= 0.3 is 0 Å². The number of hydrogen-bond acceptors (Lipinski definition) is 2. The topological polar surface area (TPSA) is 29.3 Å². The molecule has 106 valence electrons. The predicted octanol–water partition coefficient (Wildman–Crippen LogP) is 4.10. The van der Waals surface area contributed by atoms with Crippen LogP contribution in [-0.2, 0) is 0 Å². The van der Waals surface area contributed by atoms with Gasteiger partial charge in [-0.15, -0.1) is 0 Å². The second kappa shape index (κ2) is 6.87. The van der Waals surface area contributed by atoms with E-state index in [1.54, 1.807) is 0 Å². The summed E-state index contributed by atoms with van der Waals surface area (Å²) in [6.07, 6.45) is 6.37. The maximum atomic E-state index is 6.41. The minimum absolute atomic E-state index is 0.194. The molecule has 1 aromatic rings. The molecule has 2 rings (SSSR count). The summed E-state index contributed by atoms with van der Waals surface area (Å²) in [7, 11) is 2.25. The van der Waals surface area contributed by atoms with Gasteiger partial charge in [0, 0.05) is 22.6 Å². The maximum absolute atomic E-state index is 6.41. The second-order valence-electron chi connectivity index (χ2n) is 5.68. The van der Waals surface area contributed by atoms with Crippen LogP contribution in [0.4, 0.5) is 0 Å². The van der Waals surface area contributed by atoms with Crippen molar-refractivity contribution in [3.63, 3.8) is 0 Å². The number of hydrogen-bond donors (Lipinski definition) is 1. The van der Waals surface area contributed by atoms with Crippen molar-refractivity contribution in [3.05, 3.63) is 34.3 Å². The van der Waals surface area contributed by atoms with E-state index < -0.39 is 0 Å². The molecule has 0 aliphatic heterocycles. The van der Waals surface area contributed by atoms with Crippen LogP contribution in [0.25, 0.3) is 0 Å². The van der Waals surface area contributed by atoms with E-state index in [4.69, 9.17) is 5.73 Å². The minimum Gasteiger partial charge on any atom is -0.326 e. The summed E-state index contributed by atoms with van der Waals surface area (Å²) in [6.45, 7) is 2.18. The molecule has 0 heterocycles. The number of likely N-dealkylation sites (N-methyl/N-ethyl adjacent to an activating group) is 1. The summed E-state index contributed by atoms with van der Waals surface area (Å²) in [4.78, 5) is 2.52. The van der Waals surface area contributed by atoms with Crippen LogP contribution in [0.1, 0.15) is 50.6 Å². The highest BCUT2D eigenvalue weighted by Gasteiger charge is 2.29. The van der Waals surface area contributed by atoms with Gasteiger partial charge in [-0.1, -0.05) is 47.8 Å². The minimum atomic E-state index is 0.194. The Morgan fingerprint density at radius 2 is 2.05 bits per heavy atom. The molecule has 19 heavy (non-hydrogen) atoms. The molecule has 3 heteroatoms. The van der Waals surface area contributed by atoms with E-state index in [1.807, 2.05) is 0 Å². The first-order valence-corrected chi connectivity index (χ1v) is 8.15. The Hall–Kier alpha value is -0.380. The van der Waals surface area contributed by atoms with Crippen molar-refractivity contribution in [2.45, 2.75) is 57.2 Å². The molecule has 0 spiro atoms. The van der Waals surface area contributed by atoms with Gasteiger partial charge in [-0.2, -0.15) is 0 Å². The summed E-state index contributed by atoms with van der Waals surface area (Å²) >= 11 is 3.57. The SMILES string of the molecule is CCC(N)C(c1cccc(Br)c1)N(C)C1CCCC1. The van der Waals surface area contributed by atoms with Gasteiger partial charge in [0.25, 0.3) is 0 Å². The molecule has 0 bridgehead atoms. The van der Waals surface area contributed by atoms with E-state index in [-0.39, 0.29) is 6.04 Å². The number of nitrogens with zero attached hydrogens (tertiary/aromatic N) is 1. The Morgan fingerprint density at radius 1 is 1.37 bits per heavy atom. The van der Waals surface area contributed by atoms with E-state index in [2.05, 4.69) is 59.1 Å². The van der Waals surface area contributed by atoms with Gasteiger partial charge in [-0.05, 0) is 44.0 Å². The molecule has 2 unspecified atom stereocenters. The smallest absolute Gasteiger partial charge is 0.0499 e. The van der Waals surface area contributed by atoms with Gasteiger partial charge in [0.2, 0.25) is 0 Å². The first-order valence-electron chi connectivity index (χ1n) is 7.36. The third-order valence-electron chi connectivity index (χ3n) is 4.41. The Bertz CT molecular complexity index is 401. The highest BCUT2D eigenvalue weighted by Crippen LogP contribution is 2.32. The van der Waals surface area contributed by atoms with Crippen molar-refractivity contribution in [1.82, 2.24) is 4.90 Å². The zero-order chi connectivity index (χ0) is 13.8. The van der Waals surface area contributed by atoms with Crippen LogP contribution in [0.15, 0.2) is 28.7 Å². The molecule has 0 saturated heterocycles. The van der Waals surface area contributed by atoms with Crippen LogP contribution < -0.4 is 5.73 Å². The van der Waals surface area contributed by atoms with Crippen molar-refractivity contribution in [1.29, 1.82) is 0 Å². The molecule has 1 aliphatic carbocycles. The molecule has 1 aromatic carbocycles. The summed E-state index contributed by atoms with van der Waals surface area (Å²) in [5, 5.41) is 0. The Balaban J connectivity index is 2.24. The molecule has 1 fully saturated rings. The predicted molar refractivity (Wildman–Crippen MR) is 85.2 cm³/mol. The largest absolute Gasteiger partial charge is 0.326 e. The molecular formula is C16H25BrN2. The lowest BCUT2D eigenvalue weighted by atomic mass is 9.95. The molecule has 2 nitrogen and oxygen atoms in total. The van der Waals surface area contributed by atoms with Crippen LogP contribution in [0.3, 0.4) is 0 Å². The fraction of sp³-hybridized carbons (Fsp3) is 0.625. The Kier molecular flexibility index (Phi) is 5.43. The lowest BCUT2D eigenvalue weighted by Crippen LogP contribution is -2.43. The van der Waals surface area contributed by atoms with Gasteiger partial charge in [0.05, 0.1) is 0 Å². The van der Waals surface area contributed by atoms with Crippen LogP contribution in [0.2, 0.25) is 0 Å². The lowest BCUT2D eigenvalue weighted by molar-refractivity contribution is 0.150. The number of halogens is 1. The van der Waals surface area contributed by atoms with Crippen molar-refractivity contribution in [2.75, 3.05) is 7.05 Å². The average molecular weight is 325 g/mol. The van der Waals surface area contributed by atoms with Gasteiger partial charge in [0.1, 0.15) is 0 Å². The quantitative estimate of drug-likeness (QED) is 0.883. The van der Waals surface area contributed by atoms with Crippen molar-refractivity contribution in [2.24, 2.45) is 5.73 Å². The summed E-state index contributed by atoms with van der Waals surface area (Å²) in [5.74, 6) is 0. The normalized spacial score (nSPS) is 19.8. The standard InChI is InChI=1S/C16H25BrN2/c1-3-15(18)16(12-7-6-8-13(17)11-12)19(2)14-9-4-5-10-14/h6-8,11,14-16H,3-5,9-10,18H2,1-2H3. The summed E-state index contributed by atoms with van der Waals surface area (Å²) < 4.78 is 1.14. The highest BCUT2D eigenvalue weighted by atomic mass is 79.9. The van der Waals surface area contributed by atoms with Crippen LogP contribution in [0, 0.1) is 0 Å². The van der Waals surface area contributed by atoms with E-state index in [0.29, 0.717) is 12.1 Å². The molecule has 0 aromatic heterocycles. The molecule has 1 aliphatic rings. The van der Waals surface area contributed by atoms with Crippen molar-refractivity contribution >= 4 is 15.9 Å². The lowest BCUT2D eigenvalue weighted by Gasteiger charge is -2.37. The van der Waals surface area contributed by atoms with Crippen molar-refractivity contribution < 1.29 is 0 Å². The Labute approximate surface area is 125 Å². The van der Waals surface area contributed by atoms with Crippen LogP contribution in [0.5, 0.6) is 0 Å². The van der Waals surface area contributed by atoms with Gasteiger partial charge in [-0.25, -0.2) is 0 Å². The van der Waals surface area contributed by atoms with E-state index >= 15 is 0 Å². The zero-order valence-corrected chi connectivity index (χ0v) is 13.6. The third-order valence-corrected chi connectivity index (χ3v) is 4.90. The molecule has 2 atom stereocenters.